The second-order valence-corrected chi connectivity index (χ2v) is 9.32. The first-order valence-corrected chi connectivity index (χ1v) is 10.4. The first kappa shape index (κ1) is 22.7. The van der Waals surface area contributed by atoms with E-state index in [-0.39, 0.29) is 0 Å². The molecule has 0 N–H and O–H groups in total. The Kier molecular flexibility index (Phi) is 9.12. The minimum atomic E-state index is -3.41. The highest BCUT2D eigenvalue weighted by Crippen LogP contribution is 2.62. The molecule has 0 unspecified atom stereocenters. The molecule has 0 aliphatic heterocycles. The summed E-state index contributed by atoms with van der Waals surface area (Å²) in [5.74, 6) is 0. The average molecular weight is 347 g/mol. The Morgan fingerprint density at radius 3 is 1.74 bits per heavy atom. The summed E-state index contributed by atoms with van der Waals surface area (Å²) < 4.78 is 25.9. The molecule has 0 aliphatic carbocycles. The highest BCUT2D eigenvalue weighted by Gasteiger charge is 2.41. The molecule has 0 saturated carbocycles. The van der Waals surface area contributed by atoms with Crippen LogP contribution in [-0.4, -0.2) is 30.2 Å². The Balaban J connectivity index is 5.78. The molecule has 5 heteroatoms. The van der Waals surface area contributed by atoms with Gasteiger partial charge in [0.25, 0.3) is 0 Å². The van der Waals surface area contributed by atoms with E-state index in [0.29, 0.717) is 5.44 Å². The average Bonchev–Trinajstić information content (AvgIpc) is 2.41. The lowest BCUT2D eigenvalue weighted by Crippen LogP contribution is -2.30. The van der Waals surface area contributed by atoms with Crippen LogP contribution in [0.1, 0.15) is 80.6 Å². The molecule has 0 aromatic rings. The molecule has 0 bridgehead atoms. The van der Waals surface area contributed by atoms with Gasteiger partial charge in [-0.3, -0.25) is 13.6 Å². The minimum absolute atomic E-state index is 0.501. The number of hydrogen-bond donors (Lipinski definition) is 0. The fourth-order valence-electron chi connectivity index (χ4n) is 1.87. The Labute approximate surface area is 144 Å². The van der Waals surface area contributed by atoms with E-state index < -0.39 is 18.8 Å². The maximum Gasteiger partial charge on any atom is 0.377 e. The highest BCUT2D eigenvalue weighted by atomic mass is 31.2. The molecule has 0 rings (SSSR count). The Bertz CT molecular complexity index is 406. The summed E-state index contributed by atoms with van der Waals surface area (Å²) in [4.78, 5) is 1.87. The molecule has 0 fully saturated rings. The summed E-state index contributed by atoms with van der Waals surface area (Å²) in [5, 5.41) is 0. The highest BCUT2D eigenvalue weighted by molar-refractivity contribution is 7.58. The second-order valence-electron chi connectivity index (χ2n) is 7.51. The molecule has 0 aromatic heterocycles. The lowest BCUT2D eigenvalue weighted by molar-refractivity contribution is 0.0296. The maximum atomic E-state index is 13.7. The van der Waals surface area contributed by atoms with Crippen molar-refractivity contribution >= 4 is 7.60 Å². The van der Waals surface area contributed by atoms with Crippen molar-refractivity contribution in [3.05, 3.63) is 11.5 Å². The molecule has 0 amide bonds. The Morgan fingerprint density at radius 2 is 1.43 bits per heavy atom. The van der Waals surface area contributed by atoms with E-state index >= 15 is 0 Å². The lowest BCUT2D eigenvalue weighted by Gasteiger charge is -2.37. The minimum Gasteiger partial charge on any atom is -0.371 e. The van der Waals surface area contributed by atoms with Crippen LogP contribution >= 0.6 is 7.60 Å². The molecule has 4 nitrogen and oxygen atoms in total. The number of nitrogens with zero attached hydrogens (tertiary/aromatic N) is 1. The maximum absolute atomic E-state index is 13.7. The number of rotatable bonds is 11. The van der Waals surface area contributed by atoms with Crippen LogP contribution < -0.4 is 0 Å². The van der Waals surface area contributed by atoms with Gasteiger partial charge < -0.3 is 4.90 Å². The summed E-state index contributed by atoms with van der Waals surface area (Å²) in [7, 11) is 0.381. The molecule has 138 valence electrons. The SMILES string of the molecule is CCCCC=C(N(C)C)P(=O)(OC(C)(C)CC)OC(C)(C)CC. The molecule has 0 spiro atoms. The van der Waals surface area contributed by atoms with E-state index in [2.05, 4.69) is 6.92 Å². The van der Waals surface area contributed by atoms with E-state index in [4.69, 9.17) is 9.05 Å². The van der Waals surface area contributed by atoms with Gasteiger partial charge in [-0.1, -0.05) is 33.3 Å². The number of hydrogen-bond acceptors (Lipinski definition) is 4. The van der Waals surface area contributed by atoms with Gasteiger partial charge in [0.15, 0.2) is 0 Å². The lowest BCUT2D eigenvalue weighted by atomic mass is 10.1. The molecule has 0 aliphatic rings. The molecular weight excluding hydrogens is 309 g/mol. The Morgan fingerprint density at radius 1 is 1.00 bits per heavy atom. The fraction of sp³-hybridized carbons (Fsp3) is 0.889. The topological polar surface area (TPSA) is 38.8 Å². The zero-order valence-electron chi connectivity index (χ0n) is 16.7. The molecular formula is C18H38NO3P. The van der Waals surface area contributed by atoms with Crippen LogP contribution in [0, 0.1) is 0 Å². The summed E-state index contributed by atoms with van der Waals surface area (Å²) in [5.41, 5.74) is -0.340. The fourth-order valence-corrected chi connectivity index (χ4v) is 4.49. The molecule has 0 radical (unpaired) electrons. The van der Waals surface area contributed by atoms with Gasteiger partial charge in [-0.25, -0.2) is 0 Å². The second kappa shape index (κ2) is 9.25. The Hall–Kier alpha value is -0.310. The van der Waals surface area contributed by atoms with Crippen molar-refractivity contribution in [2.75, 3.05) is 14.1 Å². The van der Waals surface area contributed by atoms with Gasteiger partial charge in [-0.2, -0.15) is 0 Å². The zero-order chi connectivity index (χ0) is 18.3. The molecule has 0 saturated heterocycles. The van der Waals surface area contributed by atoms with Gasteiger partial charge in [-0.15, -0.1) is 0 Å². The first-order valence-electron chi connectivity index (χ1n) is 8.82. The number of allylic oxidation sites excluding steroid dienone is 1. The van der Waals surface area contributed by atoms with Crippen molar-refractivity contribution in [2.24, 2.45) is 0 Å². The predicted octanol–water partition coefficient (Wildman–Crippen LogP) is 6.18. The van der Waals surface area contributed by atoms with Crippen LogP contribution in [0.15, 0.2) is 11.5 Å². The quantitative estimate of drug-likeness (QED) is 0.330. The van der Waals surface area contributed by atoms with Crippen LogP contribution in [-0.2, 0) is 13.6 Å². The molecule has 0 atom stereocenters. The van der Waals surface area contributed by atoms with Crippen LogP contribution in [0.5, 0.6) is 0 Å². The third-order valence-electron chi connectivity index (χ3n) is 4.06. The van der Waals surface area contributed by atoms with Gasteiger partial charge in [0.1, 0.15) is 5.44 Å². The summed E-state index contributed by atoms with van der Waals surface area (Å²) in [6.07, 6.45) is 6.59. The van der Waals surface area contributed by atoms with Crippen molar-refractivity contribution < 1.29 is 13.6 Å². The molecule has 23 heavy (non-hydrogen) atoms. The van der Waals surface area contributed by atoms with Gasteiger partial charge in [0.05, 0.1) is 11.2 Å². The zero-order valence-corrected chi connectivity index (χ0v) is 17.6. The standard InChI is InChI=1S/C18H38NO3P/c1-10-13-14-15-16(19(8)9)23(20,21-17(4,5)11-2)22-18(6,7)12-3/h15H,10-14H2,1-9H3. The van der Waals surface area contributed by atoms with E-state index in [0.717, 1.165) is 32.1 Å². The smallest absolute Gasteiger partial charge is 0.371 e. The van der Waals surface area contributed by atoms with Crippen molar-refractivity contribution in [3.8, 4) is 0 Å². The van der Waals surface area contributed by atoms with E-state index in [1.807, 2.05) is 66.6 Å². The van der Waals surface area contributed by atoms with Crippen LogP contribution in [0.4, 0.5) is 0 Å². The van der Waals surface area contributed by atoms with Gasteiger partial charge in [0.2, 0.25) is 0 Å². The van der Waals surface area contributed by atoms with E-state index in [9.17, 15) is 4.57 Å². The van der Waals surface area contributed by atoms with E-state index in [1.165, 1.54) is 0 Å². The largest absolute Gasteiger partial charge is 0.377 e. The first-order chi connectivity index (χ1) is 10.4. The normalized spacial score (nSPS) is 14.2. The van der Waals surface area contributed by atoms with Crippen molar-refractivity contribution in [1.82, 2.24) is 4.90 Å². The summed E-state index contributed by atoms with van der Waals surface area (Å²) in [6, 6.07) is 0. The third-order valence-corrected chi connectivity index (χ3v) is 6.67. The van der Waals surface area contributed by atoms with Crippen LogP contribution in [0.3, 0.4) is 0 Å². The van der Waals surface area contributed by atoms with Gasteiger partial charge in [0, 0.05) is 14.1 Å². The van der Waals surface area contributed by atoms with Crippen molar-refractivity contribution in [3.63, 3.8) is 0 Å². The third kappa shape index (κ3) is 7.87. The molecule has 0 heterocycles. The van der Waals surface area contributed by atoms with Crippen LogP contribution in [0.25, 0.3) is 0 Å². The summed E-state index contributed by atoms with van der Waals surface area (Å²) in [6.45, 7) is 14.1. The van der Waals surface area contributed by atoms with Crippen molar-refractivity contribution in [1.29, 1.82) is 0 Å². The van der Waals surface area contributed by atoms with Crippen molar-refractivity contribution in [2.45, 2.75) is 91.8 Å². The van der Waals surface area contributed by atoms with Gasteiger partial charge >= 0.3 is 7.60 Å². The van der Waals surface area contributed by atoms with Gasteiger partial charge in [-0.05, 0) is 53.4 Å². The molecule has 0 aromatic carbocycles. The monoisotopic (exact) mass is 347 g/mol. The van der Waals surface area contributed by atoms with E-state index in [1.54, 1.807) is 0 Å². The number of unbranched alkanes of at least 4 members (excludes halogenated alkanes) is 2. The van der Waals surface area contributed by atoms with Crippen LogP contribution in [0.2, 0.25) is 0 Å². The predicted molar refractivity (Wildman–Crippen MR) is 99.8 cm³/mol. The summed E-state index contributed by atoms with van der Waals surface area (Å²) >= 11 is 0.